The van der Waals surface area contributed by atoms with Gasteiger partial charge >= 0.3 is 5.69 Å². The molecule has 0 aliphatic heterocycles. The second-order valence-electron chi connectivity index (χ2n) is 2.39. The first-order valence-corrected chi connectivity index (χ1v) is 3.95. The minimum Gasteiger partial charge on any atom is -0.490 e. The summed E-state index contributed by atoms with van der Waals surface area (Å²) in [6.07, 6.45) is 0.425. The van der Waals surface area contributed by atoms with Crippen LogP contribution in [0.25, 0.3) is 0 Å². The topological polar surface area (TPSA) is 69.4 Å². The lowest BCUT2D eigenvalue weighted by Crippen LogP contribution is -1.98. The molecule has 0 amide bonds. The lowest BCUT2D eigenvalue weighted by molar-refractivity contribution is -0.385. The fraction of sp³-hybridized carbons (Fsp3) is 0.125. The Bertz CT molecular complexity index is 391. The van der Waals surface area contributed by atoms with E-state index in [2.05, 4.69) is 0 Å². The fourth-order valence-electron chi connectivity index (χ4n) is 1.03. The first-order chi connectivity index (χ1) is 6.61. The van der Waals surface area contributed by atoms with Crippen molar-refractivity contribution in [2.24, 2.45) is 0 Å². The number of benzene rings is 1. The Kier molecular flexibility index (Phi) is 3.03. The number of hydrogen-bond donors (Lipinski definition) is 0. The standard InChI is InChI=1S/C8H6ClNO4/c1-14-8-5(4-11)6(9)2-3-7(8)10(12)13/h2-4H,1H3. The van der Waals surface area contributed by atoms with Crippen LogP contribution in [0.1, 0.15) is 10.4 Å². The molecular formula is C8H6ClNO4. The van der Waals surface area contributed by atoms with Crippen LogP contribution in [0.2, 0.25) is 5.02 Å². The molecule has 0 heterocycles. The number of carbonyl (C=O) groups excluding carboxylic acids is 1. The van der Waals surface area contributed by atoms with E-state index < -0.39 is 4.92 Å². The maximum atomic E-state index is 10.6. The number of methoxy groups -OCH3 is 1. The van der Waals surface area contributed by atoms with E-state index in [0.29, 0.717) is 6.29 Å². The van der Waals surface area contributed by atoms with Gasteiger partial charge in [0.1, 0.15) is 0 Å². The number of nitrogens with zero attached hydrogens (tertiary/aromatic N) is 1. The zero-order valence-electron chi connectivity index (χ0n) is 7.19. The molecule has 1 aromatic carbocycles. The molecule has 5 nitrogen and oxygen atoms in total. The third kappa shape index (κ3) is 1.67. The van der Waals surface area contributed by atoms with Crippen molar-refractivity contribution in [1.82, 2.24) is 0 Å². The Morgan fingerprint density at radius 1 is 1.57 bits per heavy atom. The van der Waals surface area contributed by atoms with Crippen LogP contribution in [0, 0.1) is 10.1 Å². The molecule has 0 N–H and O–H groups in total. The zero-order valence-corrected chi connectivity index (χ0v) is 7.95. The molecule has 1 aromatic rings. The van der Waals surface area contributed by atoms with Gasteiger partial charge in [0.2, 0.25) is 5.75 Å². The molecule has 0 aliphatic rings. The van der Waals surface area contributed by atoms with Crippen LogP contribution in [0.5, 0.6) is 5.75 Å². The predicted octanol–water partition coefficient (Wildman–Crippen LogP) is 2.07. The molecule has 74 valence electrons. The van der Waals surface area contributed by atoms with Gasteiger partial charge in [-0.1, -0.05) is 11.6 Å². The van der Waals surface area contributed by atoms with Gasteiger partial charge in [-0.2, -0.15) is 0 Å². The van der Waals surface area contributed by atoms with E-state index in [1.165, 1.54) is 19.2 Å². The second kappa shape index (κ2) is 4.06. The molecule has 0 aliphatic carbocycles. The number of hydrogen-bond acceptors (Lipinski definition) is 4. The normalized spacial score (nSPS) is 9.57. The number of carbonyl (C=O) groups is 1. The summed E-state index contributed by atoms with van der Waals surface area (Å²) in [6.45, 7) is 0. The molecule has 0 saturated carbocycles. The van der Waals surface area contributed by atoms with Crippen molar-refractivity contribution < 1.29 is 14.5 Å². The van der Waals surface area contributed by atoms with E-state index in [9.17, 15) is 14.9 Å². The molecule has 14 heavy (non-hydrogen) atoms. The number of aldehydes is 1. The van der Waals surface area contributed by atoms with Crippen molar-refractivity contribution in [2.45, 2.75) is 0 Å². The highest BCUT2D eigenvalue weighted by Gasteiger charge is 2.20. The SMILES string of the molecule is COc1c([N+](=O)[O-])ccc(Cl)c1C=O. The van der Waals surface area contributed by atoms with E-state index in [0.717, 1.165) is 0 Å². The predicted molar refractivity (Wildman–Crippen MR) is 50.0 cm³/mol. The lowest BCUT2D eigenvalue weighted by Gasteiger charge is -2.04. The zero-order chi connectivity index (χ0) is 10.7. The molecule has 0 aromatic heterocycles. The third-order valence-electron chi connectivity index (χ3n) is 1.64. The highest BCUT2D eigenvalue weighted by molar-refractivity contribution is 6.33. The van der Waals surface area contributed by atoms with Crippen molar-refractivity contribution in [3.63, 3.8) is 0 Å². The van der Waals surface area contributed by atoms with E-state index in [1.807, 2.05) is 0 Å². The Balaban J connectivity index is 3.48. The number of rotatable bonds is 3. The summed E-state index contributed by atoms with van der Waals surface area (Å²) in [6, 6.07) is 2.47. The number of ether oxygens (including phenoxy) is 1. The van der Waals surface area contributed by atoms with Crippen LogP contribution < -0.4 is 4.74 Å². The van der Waals surface area contributed by atoms with Crippen molar-refractivity contribution in [3.8, 4) is 5.75 Å². The second-order valence-corrected chi connectivity index (χ2v) is 2.80. The van der Waals surface area contributed by atoms with Gasteiger partial charge in [-0.05, 0) is 6.07 Å². The summed E-state index contributed by atoms with van der Waals surface area (Å²) in [5.74, 6) is -0.113. The number of nitro benzene ring substituents is 1. The quantitative estimate of drug-likeness (QED) is 0.440. The molecule has 0 radical (unpaired) electrons. The molecule has 0 bridgehead atoms. The van der Waals surface area contributed by atoms with E-state index >= 15 is 0 Å². The summed E-state index contributed by atoms with van der Waals surface area (Å²) >= 11 is 5.65. The Morgan fingerprint density at radius 3 is 2.64 bits per heavy atom. The number of halogens is 1. The summed E-state index contributed by atoms with van der Waals surface area (Å²) in [4.78, 5) is 20.5. The highest BCUT2D eigenvalue weighted by Crippen LogP contribution is 2.34. The Hall–Kier alpha value is -1.62. The average molecular weight is 216 g/mol. The van der Waals surface area contributed by atoms with Gasteiger partial charge in [0, 0.05) is 6.07 Å². The van der Waals surface area contributed by atoms with E-state index in [-0.39, 0.29) is 22.0 Å². The van der Waals surface area contributed by atoms with Crippen LogP contribution in [-0.4, -0.2) is 18.3 Å². The Labute approximate surface area is 84.4 Å². The molecule has 1 rings (SSSR count). The van der Waals surface area contributed by atoms with Crippen LogP contribution in [0.4, 0.5) is 5.69 Å². The van der Waals surface area contributed by atoms with Gasteiger partial charge in [-0.15, -0.1) is 0 Å². The van der Waals surface area contributed by atoms with Gasteiger partial charge in [0.05, 0.1) is 22.6 Å². The monoisotopic (exact) mass is 215 g/mol. The third-order valence-corrected chi connectivity index (χ3v) is 1.97. The smallest absolute Gasteiger partial charge is 0.311 e. The first kappa shape index (κ1) is 10.5. The Morgan fingerprint density at radius 2 is 2.21 bits per heavy atom. The largest absolute Gasteiger partial charge is 0.490 e. The summed E-state index contributed by atoms with van der Waals surface area (Å²) in [5.41, 5.74) is -0.289. The molecule has 0 fully saturated rings. The van der Waals surface area contributed by atoms with Crippen LogP contribution in [0.3, 0.4) is 0 Å². The average Bonchev–Trinajstić information content (AvgIpc) is 2.16. The first-order valence-electron chi connectivity index (χ1n) is 3.58. The highest BCUT2D eigenvalue weighted by atomic mass is 35.5. The molecule has 0 spiro atoms. The minimum absolute atomic E-state index is 0.0108. The minimum atomic E-state index is -0.637. The van der Waals surface area contributed by atoms with E-state index in [4.69, 9.17) is 16.3 Å². The van der Waals surface area contributed by atoms with Gasteiger partial charge < -0.3 is 4.74 Å². The number of nitro groups is 1. The molecule has 6 heteroatoms. The van der Waals surface area contributed by atoms with E-state index in [1.54, 1.807) is 0 Å². The van der Waals surface area contributed by atoms with Crippen LogP contribution in [-0.2, 0) is 0 Å². The van der Waals surface area contributed by atoms with Crippen molar-refractivity contribution in [3.05, 3.63) is 32.8 Å². The van der Waals surface area contributed by atoms with Gasteiger partial charge in [-0.3, -0.25) is 14.9 Å². The van der Waals surface area contributed by atoms with Gasteiger partial charge in [-0.25, -0.2) is 0 Å². The molecule has 0 saturated heterocycles. The van der Waals surface area contributed by atoms with Crippen molar-refractivity contribution in [1.29, 1.82) is 0 Å². The maximum Gasteiger partial charge on any atom is 0.311 e. The maximum absolute atomic E-state index is 10.6. The fourth-order valence-corrected chi connectivity index (χ4v) is 1.23. The van der Waals surface area contributed by atoms with Gasteiger partial charge in [0.15, 0.2) is 6.29 Å². The summed E-state index contributed by atoms with van der Waals surface area (Å²) < 4.78 is 4.75. The molecule has 0 atom stereocenters. The summed E-state index contributed by atoms with van der Waals surface area (Å²) in [7, 11) is 1.24. The van der Waals surface area contributed by atoms with Crippen LogP contribution in [0.15, 0.2) is 12.1 Å². The lowest BCUT2D eigenvalue weighted by atomic mass is 10.2. The van der Waals surface area contributed by atoms with Crippen molar-refractivity contribution in [2.75, 3.05) is 7.11 Å². The molecule has 0 unspecified atom stereocenters. The van der Waals surface area contributed by atoms with Gasteiger partial charge in [0.25, 0.3) is 0 Å². The van der Waals surface area contributed by atoms with Crippen LogP contribution >= 0.6 is 11.6 Å². The van der Waals surface area contributed by atoms with Crippen molar-refractivity contribution >= 4 is 23.6 Å². The molecular weight excluding hydrogens is 210 g/mol. The summed E-state index contributed by atoms with van der Waals surface area (Å²) in [5, 5.41) is 10.7.